The predicted molar refractivity (Wildman–Crippen MR) is 110 cm³/mol. The summed E-state index contributed by atoms with van der Waals surface area (Å²) in [6, 6.07) is 0. The molecule has 0 saturated carbocycles. The first-order valence-corrected chi connectivity index (χ1v) is 11.3. The first-order valence-electron chi connectivity index (χ1n) is 9.39. The van der Waals surface area contributed by atoms with E-state index in [1.807, 2.05) is 11.3 Å². The summed E-state index contributed by atoms with van der Waals surface area (Å²) in [6.45, 7) is 5.29. The van der Waals surface area contributed by atoms with Gasteiger partial charge in [0, 0.05) is 22.4 Å². The van der Waals surface area contributed by atoms with Crippen LogP contribution in [0.2, 0.25) is 0 Å². The van der Waals surface area contributed by atoms with Gasteiger partial charge in [0.05, 0.1) is 10.8 Å². The molecular formula is C18H22N6O2S2. The van der Waals surface area contributed by atoms with E-state index in [4.69, 9.17) is 0 Å². The number of nitrogens with zero attached hydrogens (tertiary/aromatic N) is 6. The Labute approximate surface area is 171 Å². The van der Waals surface area contributed by atoms with Crippen molar-refractivity contribution in [3.8, 4) is 11.4 Å². The van der Waals surface area contributed by atoms with Gasteiger partial charge in [0.2, 0.25) is 0 Å². The molecule has 0 bridgehead atoms. The van der Waals surface area contributed by atoms with E-state index < -0.39 is 4.92 Å². The molecule has 3 heterocycles. The predicted octanol–water partition coefficient (Wildman–Crippen LogP) is 4.40. The van der Waals surface area contributed by atoms with Gasteiger partial charge in [-0.05, 0) is 37.2 Å². The topological polar surface area (TPSA) is 91.7 Å². The van der Waals surface area contributed by atoms with Gasteiger partial charge in [-0.2, -0.15) is 5.10 Å². The lowest BCUT2D eigenvalue weighted by atomic mass is 9.88. The van der Waals surface area contributed by atoms with Crippen molar-refractivity contribution in [3.05, 3.63) is 38.3 Å². The normalized spacial score (nSPS) is 16.3. The van der Waals surface area contributed by atoms with E-state index in [2.05, 4.69) is 39.1 Å². The molecule has 0 saturated heterocycles. The molecule has 1 aliphatic carbocycles. The van der Waals surface area contributed by atoms with E-state index in [1.165, 1.54) is 46.6 Å². The maximum atomic E-state index is 10.8. The molecule has 1 aliphatic rings. The molecule has 0 N–H and O–H groups in total. The third kappa shape index (κ3) is 3.70. The molecule has 3 aromatic rings. The third-order valence-corrected chi connectivity index (χ3v) is 6.97. The van der Waals surface area contributed by atoms with Crippen molar-refractivity contribution < 1.29 is 4.92 Å². The average molecular weight is 419 g/mol. The zero-order valence-corrected chi connectivity index (χ0v) is 17.5. The number of aromatic nitrogens is 5. The second-order valence-corrected chi connectivity index (χ2v) is 9.00. The number of fused-ring (bicyclic) bond motifs is 1. The van der Waals surface area contributed by atoms with Crippen molar-refractivity contribution in [2.75, 3.05) is 0 Å². The SMILES string of the molecule is CCCn1c(SCn2cc([N+](=O)[O-])cn2)nnc1-c1csc2c1CC[C@H](C)C2. The van der Waals surface area contributed by atoms with Crippen molar-refractivity contribution in [2.24, 2.45) is 5.92 Å². The van der Waals surface area contributed by atoms with Gasteiger partial charge in [-0.1, -0.05) is 25.6 Å². The maximum absolute atomic E-state index is 10.8. The number of hydrogen-bond acceptors (Lipinski definition) is 7. The first-order chi connectivity index (χ1) is 13.6. The van der Waals surface area contributed by atoms with Crippen molar-refractivity contribution in [3.63, 3.8) is 0 Å². The van der Waals surface area contributed by atoms with Gasteiger partial charge in [-0.3, -0.25) is 14.8 Å². The van der Waals surface area contributed by atoms with Crippen LogP contribution in [0.15, 0.2) is 22.9 Å². The molecule has 0 amide bonds. The molecule has 148 valence electrons. The molecule has 10 heteroatoms. The van der Waals surface area contributed by atoms with Crippen LogP contribution in [0.4, 0.5) is 5.69 Å². The Morgan fingerprint density at radius 1 is 1.43 bits per heavy atom. The van der Waals surface area contributed by atoms with E-state index in [0.717, 1.165) is 42.7 Å². The van der Waals surface area contributed by atoms with E-state index >= 15 is 0 Å². The fourth-order valence-corrected chi connectivity index (χ4v) is 5.59. The fraction of sp³-hybridized carbons (Fsp3) is 0.500. The highest BCUT2D eigenvalue weighted by molar-refractivity contribution is 7.98. The molecule has 0 spiro atoms. The van der Waals surface area contributed by atoms with Crippen LogP contribution in [0.25, 0.3) is 11.4 Å². The lowest BCUT2D eigenvalue weighted by Gasteiger charge is -2.19. The van der Waals surface area contributed by atoms with Crippen LogP contribution in [-0.2, 0) is 25.3 Å². The van der Waals surface area contributed by atoms with Gasteiger partial charge < -0.3 is 4.57 Å². The zero-order valence-electron chi connectivity index (χ0n) is 15.9. The van der Waals surface area contributed by atoms with E-state index in [0.29, 0.717) is 5.88 Å². The van der Waals surface area contributed by atoms with Gasteiger partial charge in [-0.15, -0.1) is 21.5 Å². The van der Waals surface area contributed by atoms with Crippen LogP contribution in [-0.4, -0.2) is 29.5 Å². The van der Waals surface area contributed by atoms with Crippen LogP contribution in [0, 0.1) is 16.0 Å². The first kappa shape index (κ1) is 19.1. The molecule has 0 aliphatic heterocycles. The third-order valence-electron chi connectivity index (χ3n) is 4.96. The van der Waals surface area contributed by atoms with E-state index in [9.17, 15) is 10.1 Å². The molecule has 28 heavy (non-hydrogen) atoms. The number of nitro groups is 1. The number of rotatable bonds is 7. The molecule has 0 unspecified atom stereocenters. The number of hydrogen-bond donors (Lipinski definition) is 0. The highest BCUT2D eigenvalue weighted by atomic mass is 32.2. The minimum atomic E-state index is -0.438. The van der Waals surface area contributed by atoms with Gasteiger partial charge >= 0.3 is 5.69 Å². The van der Waals surface area contributed by atoms with Gasteiger partial charge in [-0.25, -0.2) is 0 Å². The van der Waals surface area contributed by atoms with Crippen molar-refractivity contribution >= 4 is 28.8 Å². The maximum Gasteiger partial charge on any atom is 0.307 e. The molecule has 0 aromatic carbocycles. The Morgan fingerprint density at radius 2 is 2.29 bits per heavy atom. The van der Waals surface area contributed by atoms with Crippen LogP contribution < -0.4 is 0 Å². The lowest BCUT2D eigenvalue weighted by molar-refractivity contribution is -0.385. The molecule has 1 atom stereocenters. The molecule has 0 radical (unpaired) electrons. The van der Waals surface area contributed by atoms with Crippen LogP contribution in [0.1, 0.15) is 37.1 Å². The summed E-state index contributed by atoms with van der Waals surface area (Å²) in [5.74, 6) is 2.13. The van der Waals surface area contributed by atoms with Crippen molar-refractivity contribution in [1.29, 1.82) is 0 Å². The summed E-state index contributed by atoms with van der Waals surface area (Å²) in [6.07, 6.45) is 7.16. The average Bonchev–Trinajstić information content (AvgIpc) is 3.38. The van der Waals surface area contributed by atoms with Gasteiger partial charge in [0.25, 0.3) is 0 Å². The molecular weight excluding hydrogens is 396 g/mol. The fourth-order valence-electron chi connectivity index (χ4n) is 3.53. The largest absolute Gasteiger partial charge is 0.307 e. The summed E-state index contributed by atoms with van der Waals surface area (Å²) in [5.41, 5.74) is 2.65. The summed E-state index contributed by atoms with van der Waals surface area (Å²) in [4.78, 5) is 11.9. The Morgan fingerprint density at radius 3 is 3.04 bits per heavy atom. The smallest absolute Gasteiger partial charge is 0.302 e. The molecule has 0 fully saturated rings. The monoisotopic (exact) mass is 418 g/mol. The number of thioether (sulfide) groups is 1. The van der Waals surface area contributed by atoms with Crippen LogP contribution in [0.5, 0.6) is 0 Å². The van der Waals surface area contributed by atoms with Crippen molar-refractivity contribution in [2.45, 2.75) is 57.1 Å². The quantitative estimate of drug-likeness (QED) is 0.321. The number of thiophene rings is 1. The summed E-state index contributed by atoms with van der Waals surface area (Å²) >= 11 is 3.33. The summed E-state index contributed by atoms with van der Waals surface area (Å²) in [7, 11) is 0. The zero-order chi connectivity index (χ0) is 19.7. The highest BCUT2D eigenvalue weighted by Gasteiger charge is 2.24. The minimum absolute atomic E-state index is 0.00422. The summed E-state index contributed by atoms with van der Waals surface area (Å²) in [5, 5.41) is 26.8. The Balaban J connectivity index is 1.58. The Kier molecular flexibility index (Phi) is 5.49. The highest BCUT2D eigenvalue weighted by Crippen LogP contribution is 2.38. The minimum Gasteiger partial charge on any atom is -0.302 e. The van der Waals surface area contributed by atoms with Crippen LogP contribution in [0.3, 0.4) is 0 Å². The standard InChI is InChI=1S/C18H22N6O2S2/c1-3-6-23-17(15-10-27-16-7-12(2)4-5-14(15)16)20-21-18(23)28-11-22-9-13(8-19-22)24(25)26/h8-10,12H,3-7,11H2,1-2H3/t12-/m0/s1. The lowest BCUT2D eigenvalue weighted by Crippen LogP contribution is -2.10. The second-order valence-electron chi connectivity index (χ2n) is 7.13. The van der Waals surface area contributed by atoms with Gasteiger partial charge in [0.1, 0.15) is 12.4 Å². The molecule has 3 aromatic heterocycles. The Bertz CT molecular complexity index is 992. The second kappa shape index (κ2) is 8.04. The van der Waals surface area contributed by atoms with Gasteiger partial charge in [0.15, 0.2) is 11.0 Å². The van der Waals surface area contributed by atoms with E-state index in [1.54, 1.807) is 4.68 Å². The molecule has 8 nitrogen and oxygen atoms in total. The summed E-state index contributed by atoms with van der Waals surface area (Å²) < 4.78 is 3.73. The Hall–Kier alpha value is -2.20. The van der Waals surface area contributed by atoms with Crippen LogP contribution >= 0.6 is 23.1 Å². The van der Waals surface area contributed by atoms with E-state index in [-0.39, 0.29) is 5.69 Å². The van der Waals surface area contributed by atoms with Crippen molar-refractivity contribution in [1.82, 2.24) is 24.5 Å². The molecule has 4 rings (SSSR count).